The fraction of sp³-hybridized carbons (Fsp3) is 0.944. The second-order valence-corrected chi connectivity index (χ2v) is 9.59. The predicted octanol–water partition coefficient (Wildman–Crippen LogP) is 1.99. The molecule has 2 fully saturated rings. The number of aliphatic imine (C=N–C) groups is 1. The molecule has 2 aliphatic rings. The maximum absolute atomic E-state index is 11.6. The second kappa shape index (κ2) is 9.21. The monoisotopic (exact) mass is 372 g/mol. The zero-order chi connectivity index (χ0) is 18.4. The number of guanidine groups is 1. The van der Waals surface area contributed by atoms with E-state index in [0.29, 0.717) is 19.0 Å². The van der Waals surface area contributed by atoms with Gasteiger partial charge in [-0.2, -0.15) is 0 Å². The minimum atomic E-state index is -3.04. The molecule has 0 spiro atoms. The van der Waals surface area contributed by atoms with E-state index < -0.39 is 10.0 Å². The summed E-state index contributed by atoms with van der Waals surface area (Å²) in [7, 11) is -1.18. The first kappa shape index (κ1) is 20.5. The van der Waals surface area contributed by atoms with Gasteiger partial charge in [0.05, 0.1) is 6.26 Å². The van der Waals surface area contributed by atoms with Crippen LogP contribution in [-0.4, -0.2) is 69.6 Å². The van der Waals surface area contributed by atoms with Crippen LogP contribution in [0.25, 0.3) is 0 Å². The van der Waals surface area contributed by atoms with Gasteiger partial charge < -0.3 is 10.2 Å². The Morgan fingerprint density at radius 2 is 1.80 bits per heavy atom. The Labute approximate surface area is 154 Å². The molecule has 1 atom stereocenters. The van der Waals surface area contributed by atoms with Crippen LogP contribution in [0, 0.1) is 17.8 Å². The van der Waals surface area contributed by atoms with Gasteiger partial charge in [-0.3, -0.25) is 4.99 Å². The molecule has 0 radical (unpaired) electrons. The molecule has 0 saturated carbocycles. The lowest BCUT2D eigenvalue weighted by molar-refractivity contribution is 0.272. The lowest BCUT2D eigenvalue weighted by Crippen LogP contribution is -2.45. The highest BCUT2D eigenvalue weighted by Gasteiger charge is 2.30. The van der Waals surface area contributed by atoms with Crippen molar-refractivity contribution in [2.75, 3.05) is 46.0 Å². The number of nitrogens with one attached hydrogen (secondary N) is 1. The van der Waals surface area contributed by atoms with E-state index in [2.05, 4.69) is 29.1 Å². The number of hydrogen-bond acceptors (Lipinski definition) is 3. The summed E-state index contributed by atoms with van der Waals surface area (Å²) in [6, 6.07) is 0. The highest BCUT2D eigenvalue weighted by molar-refractivity contribution is 7.88. The number of piperidine rings is 1. The molecule has 146 valence electrons. The molecule has 0 aromatic heterocycles. The van der Waals surface area contributed by atoms with Crippen molar-refractivity contribution < 1.29 is 8.42 Å². The van der Waals surface area contributed by atoms with Crippen molar-refractivity contribution in [1.82, 2.24) is 14.5 Å². The fourth-order valence-electron chi connectivity index (χ4n) is 4.33. The number of nitrogens with zero attached hydrogens (tertiary/aromatic N) is 3. The van der Waals surface area contributed by atoms with Gasteiger partial charge in [-0.25, -0.2) is 12.7 Å². The summed E-state index contributed by atoms with van der Waals surface area (Å²) in [5.74, 6) is 3.14. The molecule has 0 aromatic carbocycles. The van der Waals surface area contributed by atoms with Gasteiger partial charge >= 0.3 is 0 Å². The topological polar surface area (TPSA) is 65.0 Å². The number of likely N-dealkylation sites (tertiary alicyclic amines) is 1. The molecule has 2 saturated heterocycles. The van der Waals surface area contributed by atoms with Gasteiger partial charge in [0.25, 0.3) is 0 Å². The van der Waals surface area contributed by atoms with Gasteiger partial charge in [-0.1, -0.05) is 26.7 Å². The molecule has 0 amide bonds. The third-order valence-electron chi connectivity index (χ3n) is 6.04. The lowest BCUT2D eigenvalue weighted by atomic mass is 9.87. The molecule has 7 heteroatoms. The Morgan fingerprint density at radius 3 is 2.32 bits per heavy atom. The van der Waals surface area contributed by atoms with Gasteiger partial charge in [-0.05, 0) is 37.0 Å². The number of hydrogen-bond donors (Lipinski definition) is 1. The van der Waals surface area contributed by atoms with E-state index in [1.807, 2.05) is 7.05 Å². The summed E-state index contributed by atoms with van der Waals surface area (Å²) in [6.45, 7) is 8.97. The average molecular weight is 373 g/mol. The van der Waals surface area contributed by atoms with Crippen molar-refractivity contribution in [2.24, 2.45) is 22.7 Å². The van der Waals surface area contributed by atoms with E-state index in [1.54, 1.807) is 4.31 Å². The second-order valence-electron chi connectivity index (χ2n) is 7.60. The van der Waals surface area contributed by atoms with Gasteiger partial charge in [0.15, 0.2) is 5.96 Å². The summed E-state index contributed by atoms with van der Waals surface area (Å²) in [5, 5.41) is 3.54. The van der Waals surface area contributed by atoms with Gasteiger partial charge in [-0.15, -0.1) is 0 Å². The third kappa shape index (κ3) is 5.58. The largest absolute Gasteiger partial charge is 0.356 e. The van der Waals surface area contributed by atoms with E-state index in [4.69, 9.17) is 0 Å². The van der Waals surface area contributed by atoms with Crippen LogP contribution in [0.15, 0.2) is 4.99 Å². The molecule has 2 heterocycles. The molecule has 2 rings (SSSR count). The standard InChI is InChI=1S/C18H36N4O2S/c1-5-16(6-2)17-9-10-21(14-17)18(19-3)20-13-15-7-11-22(12-8-15)25(4,23)24/h15-17H,5-14H2,1-4H3,(H,19,20). The minimum Gasteiger partial charge on any atom is -0.356 e. The van der Waals surface area contributed by atoms with E-state index in [1.165, 1.54) is 25.5 Å². The SMILES string of the molecule is CCC(CC)C1CCN(C(=NC)NCC2CCN(S(C)(=O)=O)CC2)C1. The van der Waals surface area contributed by atoms with E-state index in [9.17, 15) is 8.42 Å². The third-order valence-corrected chi connectivity index (χ3v) is 7.35. The maximum atomic E-state index is 11.6. The van der Waals surface area contributed by atoms with Crippen molar-refractivity contribution in [3.63, 3.8) is 0 Å². The Bertz CT molecular complexity index is 537. The van der Waals surface area contributed by atoms with Crippen molar-refractivity contribution in [2.45, 2.75) is 46.0 Å². The van der Waals surface area contributed by atoms with Crippen molar-refractivity contribution in [3.8, 4) is 0 Å². The highest BCUT2D eigenvalue weighted by Crippen LogP contribution is 2.28. The summed E-state index contributed by atoms with van der Waals surface area (Å²) < 4.78 is 24.8. The lowest BCUT2D eigenvalue weighted by Gasteiger charge is -2.31. The normalized spacial score (nSPS) is 24.3. The average Bonchev–Trinajstić information content (AvgIpc) is 3.06. The fourth-order valence-corrected chi connectivity index (χ4v) is 5.21. The van der Waals surface area contributed by atoms with Crippen LogP contribution in [0.4, 0.5) is 0 Å². The summed E-state index contributed by atoms with van der Waals surface area (Å²) >= 11 is 0. The first-order valence-corrected chi connectivity index (χ1v) is 11.6. The predicted molar refractivity (Wildman–Crippen MR) is 104 cm³/mol. The Balaban J connectivity index is 1.78. The van der Waals surface area contributed by atoms with Crippen molar-refractivity contribution in [1.29, 1.82) is 0 Å². The highest BCUT2D eigenvalue weighted by atomic mass is 32.2. The van der Waals surface area contributed by atoms with E-state index in [0.717, 1.165) is 50.3 Å². The summed E-state index contributed by atoms with van der Waals surface area (Å²) in [4.78, 5) is 6.88. The van der Waals surface area contributed by atoms with Crippen LogP contribution in [0.2, 0.25) is 0 Å². The Kier molecular flexibility index (Phi) is 7.55. The van der Waals surface area contributed by atoms with Gasteiger partial charge in [0, 0.05) is 39.8 Å². The van der Waals surface area contributed by atoms with Crippen molar-refractivity contribution >= 4 is 16.0 Å². The number of rotatable bonds is 6. The van der Waals surface area contributed by atoms with Crippen LogP contribution in [0.1, 0.15) is 46.0 Å². The molecule has 1 unspecified atom stereocenters. The molecule has 25 heavy (non-hydrogen) atoms. The van der Waals surface area contributed by atoms with Crippen LogP contribution in [-0.2, 0) is 10.0 Å². The molecule has 0 bridgehead atoms. The van der Waals surface area contributed by atoms with Crippen LogP contribution < -0.4 is 5.32 Å². The van der Waals surface area contributed by atoms with Gasteiger partial charge in [0.2, 0.25) is 10.0 Å². The van der Waals surface area contributed by atoms with Crippen molar-refractivity contribution in [3.05, 3.63) is 0 Å². The zero-order valence-electron chi connectivity index (χ0n) is 16.4. The molecule has 2 aliphatic heterocycles. The maximum Gasteiger partial charge on any atom is 0.211 e. The Morgan fingerprint density at radius 1 is 1.16 bits per heavy atom. The summed E-state index contributed by atoms with van der Waals surface area (Å²) in [6.07, 6.45) is 6.94. The number of sulfonamides is 1. The zero-order valence-corrected chi connectivity index (χ0v) is 17.2. The van der Waals surface area contributed by atoms with E-state index >= 15 is 0 Å². The molecule has 0 aromatic rings. The molecule has 0 aliphatic carbocycles. The molecule has 1 N–H and O–H groups in total. The summed E-state index contributed by atoms with van der Waals surface area (Å²) in [5.41, 5.74) is 0. The first-order valence-electron chi connectivity index (χ1n) is 9.79. The minimum absolute atomic E-state index is 0.521. The van der Waals surface area contributed by atoms with Gasteiger partial charge in [0.1, 0.15) is 0 Å². The van der Waals surface area contributed by atoms with Crippen LogP contribution >= 0.6 is 0 Å². The van der Waals surface area contributed by atoms with Crippen LogP contribution in [0.3, 0.4) is 0 Å². The van der Waals surface area contributed by atoms with Crippen LogP contribution in [0.5, 0.6) is 0 Å². The Hall–Kier alpha value is -0.820. The molecular formula is C18H36N4O2S. The molecule has 6 nitrogen and oxygen atoms in total. The quantitative estimate of drug-likeness (QED) is 0.572. The molecular weight excluding hydrogens is 336 g/mol. The van der Waals surface area contributed by atoms with E-state index in [-0.39, 0.29) is 0 Å². The first-order chi connectivity index (χ1) is 11.9. The smallest absolute Gasteiger partial charge is 0.211 e.